The van der Waals surface area contributed by atoms with E-state index in [2.05, 4.69) is 17.3 Å². The lowest BCUT2D eigenvalue weighted by Gasteiger charge is -2.09. The number of nitrogens with zero attached hydrogens (tertiary/aromatic N) is 2. The van der Waals surface area contributed by atoms with Gasteiger partial charge in [-0.1, -0.05) is 12.1 Å². The summed E-state index contributed by atoms with van der Waals surface area (Å²) in [7, 11) is 0. The molecule has 3 nitrogen and oxygen atoms in total. The summed E-state index contributed by atoms with van der Waals surface area (Å²) in [5.74, 6) is -0.104. The van der Waals surface area contributed by atoms with Crippen molar-refractivity contribution in [3.05, 3.63) is 52.6 Å². The third-order valence-electron chi connectivity index (χ3n) is 3.24. The number of halogens is 1. The Balaban J connectivity index is 1.96. The van der Waals surface area contributed by atoms with Gasteiger partial charge in [-0.25, -0.2) is 4.39 Å². The zero-order valence-electron chi connectivity index (χ0n) is 11.7. The van der Waals surface area contributed by atoms with Crippen LogP contribution in [0.1, 0.15) is 29.3 Å². The fourth-order valence-corrected chi connectivity index (χ4v) is 2.27. The van der Waals surface area contributed by atoms with Crippen molar-refractivity contribution >= 4 is 0 Å². The molecule has 0 bridgehead atoms. The number of aryl methyl sites for hydroxylation is 3. The molecule has 0 aliphatic heterocycles. The van der Waals surface area contributed by atoms with Crippen LogP contribution >= 0.6 is 0 Å². The molecule has 0 atom stereocenters. The summed E-state index contributed by atoms with van der Waals surface area (Å²) in [6, 6.07) is 5.80. The maximum absolute atomic E-state index is 13.5. The molecule has 0 saturated heterocycles. The zero-order chi connectivity index (χ0) is 13.8. The summed E-state index contributed by atoms with van der Waals surface area (Å²) < 4.78 is 15.5. The molecule has 0 aliphatic carbocycles. The Morgan fingerprint density at radius 2 is 1.89 bits per heavy atom. The van der Waals surface area contributed by atoms with Gasteiger partial charge in [-0.15, -0.1) is 0 Å². The van der Waals surface area contributed by atoms with Gasteiger partial charge in [-0.3, -0.25) is 4.68 Å². The van der Waals surface area contributed by atoms with Gasteiger partial charge >= 0.3 is 0 Å². The molecule has 1 heterocycles. The van der Waals surface area contributed by atoms with Crippen LogP contribution in [0.15, 0.2) is 24.4 Å². The normalized spacial score (nSPS) is 10.9. The van der Waals surface area contributed by atoms with Crippen molar-refractivity contribution in [1.29, 1.82) is 0 Å². The molecule has 1 aromatic carbocycles. The molecule has 0 aliphatic rings. The molecule has 2 rings (SSSR count). The Labute approximate surface area is 113 Å². The van der Waals surface area contributed by atoms with E-state index in [1.54, 1.807) is 13.8 Å². The number of aromatic nitrogens is 2. The van der Waals surface area contributed by atoms with Crippen LogP contribution in [0.2, 0.25) is 0 Å². The van der Waals surface area contributed by atoms with Crippen LogP contribution in [0, 0.1) is 19.7 Å². The Bertz CT molecular complexity index is 537. The Hall–Kier alpha value is -1.68. The second-order valence-corrected chi connectivity index (χ2v) is 4.79. The third-order valence-corrected chi connectivity index (χ3v) is 3.24. The number of hydrogen-bond donors (Lipinski definition) is 1. The van der Waals surface area contributed by atoms with E-state index in [1.165, 1.54) is 0 Å². The fourth-order valence-electron chi connectivity index (χ4n) is 2.27. The van der Waals surface area contributed by atoms with E-state index >= 15 is 0 Å². The molecule has 19 heavy (non-hydrogen) atoms. The molecule has 2 aromatic rings. The van der Waals surface area contributed by atoms with Crippen molar-refractivity contribution in [3.8, 4) is 0 Å². The number of benzene rings is 1. The highest BCUT2D eigenvalue weighted by atomic mass is 19.1. The van der Waals surface area contributed by atoms with Crippen LogP contribution in [0.4, 0.5) is 4.39 Å². The van der Waals surface area contributed by atoms with E-state index in [9.17, 15) is 4.39 Å². The summed E-state index contributed by atoms with van der Waals surface area (Å²) in [5, 5.41) is 7.60. The summed E-state index contributed by atoms with van der Waals surface area (Å²) in [5.41, 5.74) is 3.68. The standard InChI is InChI=1S/C15H20FN3/c1-4-19-14(5-6-18-19)10-17-9-13-7-11(2)15(16)12(3)8-13/h5-8,17H,4,9-10H2,1-3H3. The van der Waals surface area contributed by atoms with E-state index in [-0.39, 0.29) is 5.82 Å². The lowest BCUT2D eigenvalue weighted by atomic mass is 10.1. The molecule has 0 fully saturated rings. The van der Waals surface area contributed by atoms with Crippen LogP contribution < -0.4 is 5.32 Å². The van der Waals surface area contributed by atoms with Crippen LogP contribution in [-0.4, -0.2) is 9.78 Å². The predicted molar refractivity (Wildman–Crippen MR) is 74.3 cm³/mol. The van der Waals surface area contributed by atoms with Gasteiger partial charge < -0.3 is 5.32 Å². The summed E-state index contributed by atoms with van der Waals surface area (Å²) in [6.45, 7) is 8.05. The lowest BCUT2D eigenvalue weighted by molar-refractivity contribution is 0.579. The van der Waals surface area contributed by atoms with Gasteiger partial charge in [0.15, 0.2) is 0 Å². The average Bonchev–Trinajstić information content (AvgIpc) is 2.83. The number of hydrogen-bond acceptors (Lipinski definition) is 2. The molecular weight excluding hydrogens is 241 g/mol. The second-order valence-electron chi connectivity index (χ2n) is 4.79. The minimum atomic E-state index is -0.104. The van der Waals surface area contributed by atoms with E-state index in [4.69, 9.17) is 0 Å². The first-order chi connectivity index (χ1) is 9.11. The van der Waals surface area contributed by atoms with Gasteiger partial charge in [0.1, 0.15) is 5.82 Å². The molecule has 102 valence electrons. The van der Waals surface area contributed by atoms with Crippen LogP contribution in [0.25, 0.3) is 0 Å². The maximum atomic E-state index is 13.5. The zero-order valence-corrected chi connectivity index (χ0v) is 11.7. The molecule has 0 spiro atoms. The fraction of sp³-hybridized carbons (Fsp3) is 0.400. The molecule has 0 saturated carbocycles. The lowest BCUT2D eigenvalue weighted by Crippen LogP contribution is -2.16. The molecule has 0 unspecified atom stereocenters. The SMILES string of the molecule is CCn1nccc1CNCc1cc(C)c(F)c(C)c1. The number of nitrogens with one attached hydrogen (secondary N) is 1. The molecule has 0 radical (unpaired) electrons. The summed E-state index contributed by atoms with van der Waals surface area (Å²) in [6.07, 6.45) is 1.81. The van der Waals surface area contributed by atoms with Crippen molar-refractivity contribution < 1.29 is 4.39 Å². The van der Waals surface area contributed by atoms with Crippen LogP contribution in [0.5, 0.6) is 0 Å². The van der Waals surface area contributed by atoms with Crippen molar-refractivity contribution in [2.75, 3.05) is 0 Å². The van der Waals surface area contributed by atoms with Gasteiger partial charge in [0, 0.05) is 25.8 Å². The topological polar surface area (TPSA) is 29.9 Å². The first-order valence-corrected chi connectivity index (χ1v) is 6.59. The highest BCUT2D eigenvalue weighted by molar-refractivity contribution is 5.30. The van der Waals surface area contributed by atoms with Gasteiger partial charge in [-0.2, -0.15) is 5.10 Å². The Morgan fingerprint density at radius 3 is 2.53 bits per heavy atom. The predicted octanol–water partition coefficient (Wildman–Crippen LogP) is 2.95. The van der Waals surface area contributed by atoms with Gasteiger partial charge in [0.2, 0.25) is 0 Å². The third kappa shape index (κ3) is 3.20. The number of rotatable bonds is 5. The monoisotopic (exact) mass is 261 g/mol. The van der Waals surface area contributed by atoms with Gasteiger partial charge in [0.05, 0.1) is 5.69 Å². The maximum Gasteiger partial charge on any atom is 0.129 e. The summed E-state index contributed by atoms with van der Waals surface area (Å²) >= 11 is 0. The smallest absolute Gasteiger partial charge is 0.129 e. The average molecular weight is 261 g/mol. The largest absolute Gasteiger partial charge is 0.307 e. The van der Waals surface area contributed by atoms with Gasteiger partial charge in [0.25, 0.3) is 0 Å². The molecule has 1 N–H and O–H groups in total. The highest BCUT2D eigenvalue weighted by Crippen LogP contribution is 2.14. The molecular formula is C15H20FN3. The molecule has 0 amide bonds. The van der Waals surface area contributed by atoms with Crippen LogP contribution in [-0.2, 0) is 19.6 Å². The second kappa shape index (κ2) is 5.97. The minimum absolute atomic E-state index is 0.104. The summed E-state index contributed by atoms with van der Waals surface area (Å²) in [4.78, 5) is 0. The van der Waals surface area contributed by atoms with Crippen molar-refractivity contribution in [2.24, 2.45) is 0 Å². The Morgan fingerprint density at radius 1 is 1.21 bits per heavy atom. The Kier molecular flexibility index (Phi) is 4.32. The first-order valence-electron chi connectivity index (χ1n) is 6.59. The van der Waals surface area contributed by atoms with Crippen molar-refractivity contribution in [1.82, 2.24) is 15.1 Å². The van der Waals surface area contributed by atoms with Crippen molar-refractivity contribution in [3.63, 3.8) is 0 Å². The van der Waals surface area contributed by atoms with Gasteiger partial charge in [-0.05, 0) is 43.5 Å². The highest BCUT2D eigenvalue weighted by Gasteiger charge is 2.05. The van der Waals surface area contributed by atoms with Crippen LogP contribution in [0.3, 0.4) is 0 Å². The molecule has 1 aromatic heterocycles. The van der Waals surface area contributed by atoms with Crippen molar-refractivity contribution in [2.45, 2.75) is 40.4 Å². The first kappa shape index (κ1) is 13.7. The minimum Gasteiger partial charge on any atom is -0.307 e. The van der Waals surface area contributed by atoms with E-state index in [1.807, 2.05) is 29.1 Å². The van der Waals surface area contributed by atoms with E-state index in [0.29, 0.717) is 11.1 Å². The molecule has 4 heteroatoms. The van der Waals surface area contributed by atoms with E-state index < -0.39 is 0 Å². The van der Waals surface area contributed by atoms with E-state index in [0.717, 1.165) is 30.9 Å². The quantitative estimate of drug-likeness (QED) is 0.896.